The third kappa shape index (κ3) is 2.07. The summed E-state index contributed by atoms with van der Waals surface area (Å²) in [4.78, 5) is 5.10. The van der Waals surface area contributed by atoms with E-state index >= 15 is 0 Å². The number of imidazole rings is 1. The minimum Gasteiger partial charge on any atom is -0.376 e. The third-order valence-corrected chi connectivity index (χ3v) is 6.00. The number of ether oxygens (including phenoxy) is 1. The predicted octanol–water partition coefficient (Wildman–Crippen LogP) is 2.71. The molecule has 2 unspecified atom stereocenters. The lowest BCUT2D eigenvalue weighted by Gasteiger charge is -2.35. The minimum atomic E-state index is 0.0931. The average Bonchev–Trinajstić information content (AvgIpc) is 3.18. The topological polar surface area (TPSA) is 39.1 Å². The highest BCUT2D eigenvalue weighted by atomic mass is 16.5. The van der Waals surface area contributed by atoms with Gasteiger partial charge in [-0.1, -0.05) is 12.8 Å². The van der Waals surface area contributed by atoms with Gasteiger partial charge >= 0.3 is 0 Å². The van der Waals surface area contributed by atoms with Crippen LogP contribution in [0.1, 0.15) is 69.1 Å². The van der Waals surface area contributed by atoms with Crippen LogP contribution in [0.25, 0.3) is 0 Å². The zero-order valence-corrected chi connectivity index (χ0v) is 13.3. The Kier molecular flexibility index (Phi) is 3.34. The van der Waals surface area contributed by atoms with Gasteiger partial charge in [-0.2, -0.15) is 0 Å². The smallest absolute Gasteiger partial charge is 0.112 e. The summed E-state index contributed by atoms with van der Waals surface area (Å²) in [7, 11) is 0. The fraction of sp³-hybridized carbons (Fsp3) is 0.824. The van der Waals surface area contributed by atoms with Crippen LogP contribution >= 0.6 is 0 Å². The van der Waals surface area contributed by atoms with Gasteiger partial charge < -0.3 is 14.6 Å². The average molecular weight is 289 g/mol. The Bertz CT molecular complexity index is 532. The SMILES string of the molecule is CC1OCCC1(C)n1c(C2CCCC2)nc2c1CCNC2. The van der Waals surface area contributed by atoms with E-state index in [2.05, 4.69) is 23.7 Å². The highest BCUT2D eigenvalue weighted by Crippen LogP contribution is 2.42. The molecular formula is C17H27N3O. The van der Waals surface area contributed by atoms with Gasteiger partial charge in [0.1, 0.15) is 5.82 Å². The summed E-state index contributed by atoms with van der Waals surface area (Å²) in [6.07, 6.45) is 7.86. The van der Waals surface area contributed by atoms with Gasteiger partial charge in [0.15, 0.2) is 0 Å². The molecule has 2 atom stereocenters. The molecule has 2 aliphatic heterocycles. The Balaban J connectivity index is 1.84. The van der Waals surface area contributed by atoms with Crippen LogP contribution in [0, 0.1) is 0 Å². The Morgan fingerprint density at radius 3 is 2.86 bits per heavy atom. The van der Waals surface area contributed by atoms with Crippen molar-refractivity contribution in [1.82, 2.24) is 14.9 Å². The Labute approximate surface area is 127 Å². The molecule has 0 radical (unpaired) electrons. The van der Waals surface area contributed by atoms with Gasteiger partial charge in [0.25, 0.3) is 0 Å². The van der Waals surface area contributed by atoms with Crippen molar-refractivity contribution in [2.24, 2.45) is 0 Å². The van der Waals surface area contributed by atoms with Gasteiger partial charge in [-0.3, -0.25) is 0 Å². The molecule has 1 saturated heterocycles. The lowest BCUT2D eigenvalue weighted by molar-refractivity contribution is 0.0730. The zero-order chi connectivity index (χ0) is 14.4. The third-order valence-electron chi connectivity index (χ3n) is 6.00. The lowest BCUT2D eigenvalue weighted by Crippen LogP contribution is -2.40. The molecule has 21 heavy (non-hydrogen) atoms. The maximum atomic E-state index is 5.94. The van der Waals surface area contributed by atoms with Crippen molar-refractivity contribution in [3.05, 3.63) is 17.2 Å². The van der Waals surface area contributed by atoms with E-state index in [0.717, 1.165) is 32.5 Å². The largest absolute Gasteiger partial charge is 0.376 e. The first-order chi connectivity index (χ1) is 10.2. The Hall–Kier alpha value is -0.870. The molecule has 1 aliphatic carbocycles. The molecule has 4 heteroatoms. The first-order valence-corrected chi connectivity index (χ1v) is 8.63. The lowest BCUT2D eigenvalue weighted by atomic mass is 9.92. The second-order valence-corrected chi connectivity index (χ2v) is 7.23. The standard InChI is InChI=1S/C17H27N3O/c1-12-17(2,8-10-21-12)20-15-7-9-18-11-14(15)19-16(20)13-5-3-4-6-13/h12-13,18H,3-11H2,1-2H3. The van der Waals surface area contributed by atoms with Crippen LogP contribution in [0.2, 0.25) is 0 Å². The summed E-state index contributed by atoms with van der Waals surface area (Å²) < 4.78 is 8.56. The van der Waals surface area contributed by atoms with Crippen LogP contribution in [0.15, 0.2) is 0 Å². The van der Waals surface area contributed by atoms with Gasteiger partial charge in [-0.05, 0) is 33.1 Å². The first kappa shape index (κ1) is 13.8. The van der Waals surface area contributed by atoms with Crippen LogP contribution in [-0.4, -0.2) is 28.8 Å². The Morgan fingerprint density at radius 1 is 1.33 bits per heavy atom. The molecule has 4 rings (SSSR count). The number of rotatable bonds is 2. The summed E-state index contributed by atoms with van der Waals surface area (Å²) >= 11 is 0. The summed E-state index contributed by atoms with van der Waals surface area (Å²) in [6, 6.07) is 0. The number of nitrogens with zero attached hydrogens (tertiary/aromatic N) is 2. The van der Waals surface area contributed by atoms with Gasteiger partial charge in [0, 0.05) is 37.7 Å². The maximum absolute atomic E-state index is 5.94. The van der Waals surface area contributed by atoms with Crippen molar-refractivity contribution in [2.45, 2.75) is 76.5 Å². The summed E-state index contributed by atoms with van der Waals surface area (Å²) in [6.45, 7) is 7.51. The van der Waals surface area contributed by atoms with E-state index in [0.29, 0.717) is 5.92 Å². The number of hydrogen-bond acceptors (Lipinski definition) is 3. The highest BCUT2D eigenvalue weighted by molar-refractivity contribution is 5.26. The molecule has 3 aliphatic rings. The number of hydrogen-bond donors (Lipinski definition) is 1. The molecule has 1 aromatic heterocycles. The Morgan fingerprint density at radius 2 is 2.14 bits per heavy atom. The molecule has 4 nitrogen and oxygen atoms in total. The molecule has 1 saturated carbocycles. The van der Waals surface area contributed by atoms with Crippen molar-refractivity contribution in [3.8, 4) is 0 Å². The van der Waals surface area contributed by atoms with Crippen molar-refractivity contribution < 1.29 is 4.74 Å². The summed E-state index contributed by atoms with van der Waals surface area (Å²) in [5, 5.41) is 3.48. The normalized spacial score (nSPS) is 33.5. The van der Waals surface area contributed by atoms with Gasteiger partial charge in [0.2, 0.25) is 0 Å². The molecule has 1 aromatic rings. The molecule has 0 amide bonds. The van der Waals surface area contributed by atoms with E-state index in [-0.39, 0.29) is 11.6 Å². The summed E-state index contributed by atoms with van der Waals surface area (Å²) in [5.74, 6) is 2.03. The number of nitrogens with one attached hydrogen (secondary N) is 1. The maximum Gasteiger partial charge on any atom is 0.112 e. The van der Waals surface area contributed by atoms with Crippen LogP contribution in [0.4, 0.5) is 0 Å². The van der Waals surface area contributed by atoms with Gasteiger partial charge in [0.05, 0.1) is 17.3 Å². The van der Waals surface area contributed by atoms with E-state index < -0.39 is 0 Å². The highest BCUT2D eigenvalue weighted by Gasteiger charge is 2.43. The van der Waals surface area contributed by atoms with Crippen molar-refractivity contribution in [3.63, 3.8) is 0 Å². The van der Waals surface area contributed by atoms with Gasteiger partial charge in [-0.25, -0.2) is 4.98 Å². The fourth-order valence-corrected chi connectivity index (χ4v) is 4.48. The molecule has 0 bridgehead atoms. The van der Waals surface area contributed by atoms with Crippen molar-refractivity contribution in [1.29, 1.82) is 0 Å². The monoisotopic (exact) mass is 289 g/mol. The molecular weight excluding hydrogens is 262 g/mol. The van der Waals surface area contributed by atoms with E-state index in [4.69, 9.17) is 9.72 Å². The first-order valence-electron chi connectivity index (χ1n) is 8.63. The fourth-order valence-electron chi connectivity index (χ4n) is 4.48. The van der Waals surface area contributed by atoms with Crippen molar-refractivity contribution in [2.75, 3.05) is 13.2 Å². The van der Waals surface area contributed by atoms with E-state index in [1.807, 2.05) is 0 Å². The second kappa shape index (κ2) is 5.10. The van der Waals surface area contributed by atoms with E-state index in [9.17, 15) is 0 Å². The molecule has 3 heterocycles. The minimum absolute atomic E-state index is 0.0931. The van der Waals surface area contributed by atoms with E-state index in [1.165, 1.54) is 42.9 Å². The van der Waals surface area contributed by atoms with Crippen LogP contribution in [0.5, 0.6) is 0 Å². The molecule has 116 valence electrons. The number of fused-ring (bicyclic) bond motifs is 1. The quantitative estimate of drug-likeness (QED) is 0.910. The number of aromatic nitrogens is 2. The van der Waals surface area contributed by atoms with Crippen LogP contribution in [0.3, 0.4) is 0 Å². The molecule has 0 aromatic carbocycles. The predicted molar refractivity (Wildman–Crippen MR) is 82.5 cm³/mol. The van der Waals surface area contributed by atoms with Gasteiger partial charge in [-0.15, -0.1) is 0 Å². The van der Waals surface area contributed by atoms with Crippen LogP contribution < -0.4 is 5.32 Å². The summed E-state index contributed by atoms with van der Waals surface area (Å²) in [5.41, 5.74) is 2.87. The second-order valence-electron chi connectivity index (χ2n) is 7.23. The zero-order valence-electron chi connectivity index (χ0n) is 13.3. The molecule has 1 N–H and O–H groups in total. The molecule has 2 fully saturated rings. The van der Waals surface area contributed by atoms with Crippen molar-refractivity contribution >= 4 is 0 Å². The van der Waals surface area contributed by atoms with E-state index in [1.54, 1.807) is 0 Å². The van der Waals surface area contributed by atoms with Crippen LogP contribution in [-0.2, 0) is 23.2 Å². The molecule has 0 spiro atoms.